The molecule has 0 aliphatic carbocycles. The fraction of sp³-hybridized carbons (Fsp3) is 0.333. The minimum absolute atomic E-state index is 0.0844. The zero-order valence-corrected chi connectivity index (χ0v) is 11.8. The van der Waals surface area contributed by atoms with Crippen LogP contribution in [-0.4, -0.2) is 41.2 Å². The van der Waals surface area contributed by atoms with Crippen LogP contribution in [0.2, 0.25) is 0 Å². The fourth-order valence-electron chi connectivity index (χ4n) is 2.46. The molecule has 0 saturated heterocycles. The maximum Gasteiger partial charge on any atom is 0.254 e. The Balaban J connectivity index is 1.81. The second-order valence-electron chi connectivity index (χ2n) is 5.22. The van der Waals surface area contributed by atoms with Crippen LogP contribution < -0.4 is 4.90 Å². The van der Waals surface area contributed by atoms with Crippen LogP contribution in [0.3, 0.4) is 0 Å². The van der Waals surface area contributed by atoms with E-state index in [0.717, 1.165) is 23.5 Å². The van der Waals surface area contributed by atoms with Gasteiger partial charge in [0.05, 0.1) is 18.8 Å². The van der Waals surface area contributed by atoms with Gasteiger partial charge in [0.25, 0.3) is 5.91 Å². The molecule has 1 amide bonds. The van der Waals surface area contributed by atoms with Crippen LogP contribution in [0.25, 0.3) is 0 Å². The van der Waals surface area contributed by atoms with E-state index in [1.54, 1.807) is 6.20 Å². The van der Waals surface area contributed by atoms with Crippen LogP contribution in [-0.2, 0) is 13.1 Å². The lowest BCUT2D eigenvalue weighted by molar-refractivity contribution is 0.0706. The first kappa shape index (κ1) is 12.7. The summed E-state index contributed by atoms with van der Waals surface area (Å²) < 4.78 is 1.96. The zero-order valence-electron chi connectivity index (χ0n) is 11.8. The van der Waals surface area contributed by atoms with Crippen molar-refractivity contribution in [3.8, 4) is 0 Å². The smallest absolute Gasteiger partial charge is 0.254 e. The van der Waals surface area contributed by atoms with Gasteiger partial charge in [-0.15, -0.1) is 0 Å². The maximum atomic E-state index is 12.6. The van der Waals surface area contributed by atoms with Gasteiger partial charge in [0, 0.05) is 38.1 Å². The monoisotopic (exact) mass is 270 g/mol. The first-order chi connectivity index (χ1) is 9.65. The summed E-state index contributed by atoms with van der Waals surface area (Å²) in [5, 5.41) is 4.23. The Labute approximate surface area is 118 Å². The highest BCUT2D eigenvalue weighted by atomic mass is 16.2. The largest absolute Gasteiger partial charge is 0.378 e. The summed E-state index contributed by atoms with van der Waals surface area (Å²) in [6.07, 6.45) is 1.79. The van der Waals surface area contributed by atoms with E-state index in [9.17, 15) is 4.79 Å². The van der Waals surface area contributed by atoms with Gasteiger partial charge in [-0.3, -0.25) is 9.48 Å². The number of benzene rings is 1. The van der Waals surface area contributed by atoms with Crippen molar-refractivity contribution in [1.82, 2.24) is 14.7 Å². The summed E-state index contributed by atoms with van der Waals surface area (Å²) in [6, 6.07) is 9.71. The summed E-state index contributed by atoms with van der Waals surface area (Å²) in [7, 11) is 3.95. The number of rotatable bonds is 2. The van der Waals surface area contributed by atoms with Crippen molar-refractivity contribution in [2.75, 3.05) is 25.5 Å². The number of amides is 1. The normalized spacial score (nSPS) is 14.0. The molecule has 0 fully saturated rings. The molecule has 0 spiro atoms. The molecule has 2 heterocycles. The van der Waals surface area contributed by atoms with E-state index in [1.807, 2.05) is 58.9 Å². The molecule has 0 unspecified atom stereocenters. The molecule has 1 aliphatic rings. The fourth-order valence-corrected chi connectivity index (χ4v) is 2.46. The zero-order chi connectivity index (χ0) is 14.1. The van der Waals surface area contributed by atoms with Gasteiger partial charge in [0.1, 0.15) is 0 Å². The van der Waals surface area contributed by atoms with Gasteiger partial charge in [-0.1, -0.05) is 6.07 Å². The third-order valence-electron chi connectivity index (χ3n) is 3.64. The lowest BCUT2D eigenvalue weighted by Crippen LogP contribution is -2.38. The molecule has 0 bridgehead atoms. The summed E-state index contributed by atoms with van der Waals surface area (Å²) in [4.78, 5) is 16.5. The molecule has 0 atom stereocenters. The minimum atomic E-state index is 0.0844. The van der Waals surface area contributed by atoms with Crippen molar-refractivity contribution >= 4 is 11.6 Å². The summed E-state index contributed by atoms with van der Waals surface area (Å²) in [5.41, 5.74) is 2.87. The van der Waals surface area contributed by atoms with Gasteiger partial charge in [-0.2, -0.15) is 5.10 Å². The molecule has 0 N–H and O–H groups in total. The predicted molar refractivity (Wildman–Crippen MR) is 77.7 cm³/mol. The highest BCUT2D eigenvalue weighted by molar-refractivity contribution is 5.95. The Morgan fingerprint density at radius 2 is 2.10 bits per heavy atom. The molecule has 1 aliphatic heterocycles. The van der Waals surface area contributed by atoms with Crippen molar-refractivity contribution in [3.63, 3.8) is 0 Å². The average molecular weight is 270 g/mol. The van der Waals surface area contributed by atoms with E-state index >= 15 is 0 Å². The number of anilines is 1. The highest BCUT2D eigenvalue weighted by Gasteiger charge is 2.22. The number of carbonyl (C=O) groups is 1. The van der Waals surface area contributed by atoms with E-state index in [2.05, 4.69) is 5.10 Å². The first-order valence-electron chi connectivity index (χ1n) is 6.72. The molecule has 1 aromatic heterocycles. The van der Waals surface area contributed by atoms with Crippen LogP contribution in [0.1, 0.15) is 16.1 Å². The first-order valence-corrected chi connectivity index (χ1v) is 6.72. The number of aromatic nitrogens is 2. The van der Waals surface area contributed by atoms with Crippen LogP contribution in [0.4, 0.5) is 5.69 Å². The van der Waals surface area contributed by atoms with E-state index in [0.29, 0.717) is 13.1 Å². The molecule has 2 aromatic rings. The summed E-state index contributed by atoms with van der Waals surface area (Å²) in [6.45, 7) is 2.10. The number of nitrogens with zero attached hydrogens (tertiary/aromatic N) is 4. The SMILES string of the molecule is CN(C)c1cccc(C(=O)N2CCn3nccc3C2)c1. The van der Waals surface area contributed by atoms with Gasteiger partial charge in [0.2, 0.25) is 0 Å². The van der Waals surface area contributed by atoms with Crippen molar-refractivity contribution < 1.29 is 4.79 Å². The van der Waals surface area contributed by atoms with Crippen molar-refractivity contribution in [2.24, 2.45) is 0 Å². The molecule has 5 nitrogen and oxygen atoms in total. The van der Waals surface area contributed by atoms with Crippen LogP contribution in [0.5, 0.6) is 0 Å². The molecule has 0 radical (unpaired) electrons. The topological polar surface area (TPSA) is 41.4 Å². The maximum absolute atomic E-state index is 12.6. The van der Waals surface area contributed by atoms with Crippen molar-refractivity contribution in [1.29, 1.82) is 0 Å². The molecule has 5 heteroatoms. The average Bonchev–Trinajstić information content (AvgIpc) is 2.94. The van der Waals surface area contributed by atoms with Gasteiger partial charge >= 0.3 is 0 Å². The number of carbonyl (C=O) groups excluding carboxylic acids is 1. The molecule has 0 saturated carbocycles. The van der Waals surface area contributed by atoms with Crippen LogP contribution in [0.15, 0.2) is 36.5 Å². The second-order valence-corrected chi connectivity index (χ2v) is 5.22. The Hall–Kier alpha value is -2.30. The quantitative estimate of drug-likeness (QED) is 0.832. The number of hydrogen-bond donors (Lipinski definition) is 0. The third kappa shape index (κ3) is 2.27. The Morgan fingerprint density at radius 3 is 2.90 bits per heavy atom. The van der Waals surface area contributed by atoms with E-state index in [1.165, 1.54) is 0 Å². The van der Waals surface area contributed by atoms with Gasteiger partial charge in [-0.25, -0.2) is 0 Å². The van der Waals surface area contributed by atoms with Crippen molar-refractivity contribution in [2.45, 2.75) is 13.1 Å². The minimum Gasteiger partial charge on any atom is -0.378 e. The van der Waals surface area contributed by atoms with Gasteiger partial charge in [0.15, 0.2) is 0 Å². The second kappa shape index (κ2) is 5.00. The lowest BCUT2D eigenvalue weighted by atomic mass is 10.1. The van der Waals surface area contributed by atoms with Crippen LogP contribution in [0, 0.1) is 0 Å². The van der Waals surface area contributed by atoms with Gasteiger partial charge in [-0.05, 0) is 24.3 Å². The molecule has 20 heavy (non-hydrogen) atoms. The highest BCUT2D eigenvalue weighted by Crippen LogP contribution is 2.18. The molecular weight excluding hydrogens is 252 g/mol. The Bertz CT molecular complexity index is 632. The summed E-state index contributed by atoms with van der Waals surface area (Å²) >= 11 is 0. The number of fused-ring (bicyclic) bond motifs is 1. The Morgan fingerprint density at radius 1 is 1.25 bits per heavy atom. The lowest BCUT2D eigenvalue weighted by Gasteiger charge is -2.28. The van der Waals surface area contributed by atoms with E-state index in [-0.39, 0.29) is 5.91 Å². The van der Waals surface area contributed by atoms with E-state index in [4.69, 9.17) is 0 Å². The Kier molecular flexibility index (Phi) is 3.18. The summed E-state index contributed by atoms with van der Waals surface area (Å²) in [5.74, 6) is 0.0844. The third-order valence-corrected chi connectivity index (χ3v) is 3.64. The standard InChI is InChI=1S/C15H18N4O/c1-17(2)13-5-3-4-12(10-13)15(20)18-8-9-19-14(11-18)6-7-16-19/h3-7,10H,8-9,11H2,1-2H3. The van der Waals surface area contributed by atoms with Gasteiger partial charge < -0.3 is 9.80 Å². The number of hydrogen-bond acceptors (Lipinski definition) is 3. The van der Waals surface area contributed by atoms with Crippen LogP contribution >= 0.6 is 0 Å². The molecule has 104 valence electrons. The predicted octanol–water partition coefficient (Wildman–Crippen LogP) is 1.61. The molecular formula is C15H18N4O. The molecule has 1 aromatic carbocycles. The molecule has 3 rings (SSSR count). The van der Waals surface area contributed by atoms with Crippen molar-refractivity contribution in [3.05, 3.63) is 47.8 Å². The van der Waals surface area contributed by atoms with E-state index < -0.39 is 0 Å².